The van der Waals surface area contributed by atoms with Gasteiger partial charge in [-0.25, -0.2) is 9.78 Å². The third kappa shape index (κ3) is 5.44. The summed E-state index contributed by atoms with van der Waals surface area (Å²) in [4.78, 5) is 39.0. The number of thiazole rings is 1. The largest absolute Gasteiger partial charge is 0.490 e. The van der Waals surface area contributed by atoms with Gasteiger partial charge in [0.05, 0.1) is 17.3 Å². The Labute approximate surface area is 183 Å². The third-order valence-electron chi connectivity index (χ3n) is 4.86. The number of carbonyl (C=O) groups excluding carboxylic acids is 1. The Morgan fingerprint density at radius 3 is 2.47 bits per heavy atom. The number of carbonyl (C=O) groups is 2. The molecule has 1 aliphatic rings. The normalized spacial score (nSPS) is 14.7. The van der Waals surface area contributed by atoms with Gasteiger partial charge < -0.3 is 20.2 Å². The zero-order valence-electron chi connectivity index (χ0n) is 16.5. The molecule has 170 valence electrons. The summed E-state index contributed by atoms with van der Waals surface area (Å²) < 4.78 is 37.1. The number of hydrogen-bond donors (Lipinski definition) is 2. The average Bonchev–Trinajstić information content (AvgIpc) is 3.24. The number of amides is 1. The van der Waals surface area contributed by atoms with E-state index in [1.807, 2.05) is 17.5 Å². The van der Waals surface area contributed by atoms with Gasteiger partial charge in [-0.3, -0.25) is 9.59 Å². The standard InChI is InChI=1S/C18H17N3O3S.C2HF3O2/c19-17(23)11-3-6-21(7-4-11)18-20-14(10-25-18)12-1-2-16-13(9-12)15(22)5-8-24-16;3-2(4,5)1(6)7/h1-2,5,8-11H,3-4,6-7H2,(H2,19,23);(H,6,7). The Bertz CT molecular complexity index is 1180. The molecule has 4 rings (SSSR count). The highest BCUT2D eigenvalue weighted by Gasteiger charge is 2.38. The molecule has 1 amide bonds. The lowest BCUT2D eigenvalue weighted by molar-refractivity contribution is -0.192. The van der Waals surface area contributed by atoms with Crippen molar-refractivity contribution in [2.45, 2.75) is 19.0 Å². The van der Waals surface area contributed by atoms with Crippen LogP contribution in [0.1, 0.15) is 12.8 Å². The van der Waals surface area contributed by atoms with E-state index in [0.717, 1.165) is 42.3 Å². The highest BCUT2D eigenvalue weighted by Crippen LogP contribution is 2.31. The Kier molecular flexibility index (Phi) is 6.82. The molecule has 3 aromatic rings. The minimum atomic E-state index is -5.08. The topological polar surface area (TPSA) is 127 Å². The lowest BCUT2D eigenvalue weighted by Gasteiger charge is -2.30. The first-order valence-corrected chi connectivity index (χ1v) is 10.3. The first kappa shape index (κ1) is 23.3. The van der Waals surface area contributed by atoms with Crippen LogP contribution in [0.15, 0.2) is 45.1 Å². The van der Waals surface area contributed by atoms with Gasteiger partial charge in [0, 0.05) is 36.0 Å². The number of fused-ring (bicyclic) bond motifs is 1. The maximum Gasteiger partial charge on any atom is 0.490 e. The summed E-state index contributed by atoms with van der Waals surface area (Å²) in [5.41, 5.74) is 7.62. The van der Waals surface area contributed by atoms with E-state index in [0.29, 0.717) is 11.0 Å². The van der Waals surface area contributed by atoms with Gasteiger partial charge in [-0.2, -0.15) is 13.2 Å². The van der Waals surface area contributed by atoms with Gasteiger partial charge in [0.2, 0.25) is 5.91 Å². The molecule has 0 atom stereocenters. The highest BCUT2D eigenvalue weighted by atomic mass is 32.1. The van der Waals surface area contributed by atoms with Gasteiger partial charge in [0.25, 0.3) is 0 Å². The molecule has 1 fully saturated rings. The number of halogens is 3. The number of nitrogens with zero attached hydrogens (tertiary/aromatic N) is 2. The van der Waals surface area contributed by atoms with Crippen LogP contribution < -0.4 is 16.1 Å². The second-order valence-corrected chi connectivity index (χ2v) is 7.81. The van der Waals surface area contributed by atoms with Crippen molar-refractivity contribution >= 4 is 39.3 Å². The maximum absolute atomic E-state index is 12.0. The van der Waals surface area contributed by atoms with E-state index in [9.17, 15) is 22.8 Å². The second-order valence-electron chi connectivity index (χ2n) is 6.98. The van der Waals surface area contributed by atoms with Gasteiger partial charge in [0.1, 0.15) is 5.58 Å². The van der Waals surface area contributed by atoms with Crippen molar-refractivity contribution in [3.8, 4) is 11.3 Å². The van der Waals surface area contributed by atoms with Crippen molar-refractivity contribution in [2.24, 2.45) is 11.7 Å². The van der Waals surface area contributed by atoms with Crippen LogP contribution in [0.3, 0.4) is 0 Å². The van der Waals surface area contributed by atoms with Crippen LogP contribution in [0.5, 0.6) is 0 Å². The van der Waals surface area contributed by atoms with Crippen LogP contribution in [0.2, 0.25) is 0 Å². The molecule has 8 nitrogen and oxygen atoms in total. The molecule has 12 heteroatoms. The molecule has 0 unspecified atom stereocenters. The molecule has 0 saturated carbocycles. The van der Waals surface area contributed by atoms with Crippen LogP contribution in [0.25, 0.3) is 22.2 Å². The van der Waals surface area contributed by atoms with Crippen LogP contribution >= 0.6 is 11.3 Å². The molecule has 1 aliphatic heterocycles. The minimum Gasteiger partial charge on any atom is -0.475 e. The SMILES string of the molecule is NC(=O)C1CCN(c2nc(-c3ccc4occc(=O)c4c3)cs2)CC1.O=C(O)C(F)(F)F. The third-order valence-corrected chi connectivity index (χ3v) is 5.76. The summed E-state index contributed by atoms with van der Waals surface area (Å²) >= 11 is 1.57. The fourth-order valence-corrected chi connectivity index (χ4v) is 4.03. The fourth-order valence-electron chi connectivity index (χ4n) is 3.14. The van der Waals surface area contributed by atoms with Gasteiger partial charge >= 0.3 is 12.1 Å². The number of nitrogens with two attached hydrogens (primary N) is 1. The quantitative estimate of drug-likeness (QED) is 0.603. The van der Waals surface area contributed by atoms with Gasteiger partial charge in [0.15, 0.2) is 10.6 Å². The molecule has 2 aromatic heterocycles. The molecule has 0 spiro atoms. The number of aliphatic carboxylic acids is 1. The van der Waals surface area contributed by atoms with E-state index in [-0.39, 0.29) is 17.3 Å². The molecule has 0 aliphatic carbocycles. The number of carboxylic acid groups (broad SMARTS) is 1. The summed E-state index contributed by atoms with van der Waals surface area (Å²) in [5.74, 6) is -3.00. The zero-order valence-corrected chi connectivity index (χ0v) is 17.3. The summed E-state index contributed by atoms with van der Waals surface area (Å²) in [6.07, 6.45) is -2.15. The number of hydrogen-bond acceptors (Lipinski definition) is 7. The molecular weight excluding hydrogens is 451 g/mol. The number of primary amides is 1. The Morgan fingerprint density at radius 2 is 1.88 bits per heavy atom. The first-order valence-electron chi connectivity index (χ1n) is 9.38. The molecular formula is C20H18F3N3O5S. The molecule has 3 N–H and O–H groups in total. The predicted molar refractivity (Wildman–Crippen MR) is 111 cm³/mol. The molecule has 0 bridgehead atoms. The van der Waals surface area contributed by atoms with Crippen LogP contribution in [0.4, 0.5) is 18.3 Å². The average molecular weight is 469 g/mol. The van der Waals surface area contributed by atoms with Crippen molar-refractivity contribution in [1.82, 2.24) is 4.98 Å². The van der Waals surface area contributed by atoms with E-state index in [1.54, 1.807) is 17.4 Å². The van der Waals surface area contributed by atoms with Crippen molar-refractivity contribution in [3.63, 3.8) is 0 Å². The van der Waals surface area contributed by atoms with E-state index in [4.69, 9.17) is 25.0 Å². The number of rotatable bonds is 3. The smallest absolute Gasteiger partial charge is 0.475 e. The zero-order chi connectivity index (χ0) is 23.5. The van der Waals surface area contributed by atoms with Crippen molar-refractivity contribution in [2.75, 3.05) is 18.0 Å². The van der Waals surface area contributed by atoms with Gasteiger partial charge in [-0.1, -0.05) is 0 Å². The van der Waals surface area contributed by atoms with Crippen molar-refractivity contribution in [1.29, 1.82) is 0 Å². The Hall–Kier alpha value is -3.41. The number of aromatic nitrogens is 1. The molecule has 1 aromatic carbocycles. The molecule has 1 saturated heterocycles. The predicted octanol–water partition coefficient (Wildman–Crippen LogP) is 3.25. The van der Waals surface area contributed by atoms with E-state index >= 15 is 0 Å². The first-order chi connectivity index (χ1) is 15.1. The summed E-state index contributed by atoms with van der Waals surface area (Å²) in [7, 11) is 0. The minimum absolute atomic E-state index is 0.0320. The number of alkyl halides is 3. The number of piperidine rings is 1. The van der Waals surface area contributed by atoms with E-state index in [2.05, 4.69) is 4.90 Å². The molecule has 3 heterocycles. The second kappa shape index (κ2) is 9.39. The Morgan fingerprint density at radius 1 is 1.22 bits per heavy atom. The van der Waals surface area contributed by atoms with E-state index in [1.165, 1.54) is 12.3 Å². The van der Waals surface area contributed by atoms with Gasteiger partial charge in [-0.05, 0) is 31.0 Å². The fraction of sp³-hybridized carbons (Fsp3) is 0.300. The number of benzene rings is 1. The summed E-state index contributed by atoms with van der Waals surface area (Å²) in [6, 6.07) is 6.94. The molecule has 0 radical (unpaired) electrons. The van der Waals surface area contributed by atoms with Crippen LogP contribution in [-0.2, 0) is 9.59 Å². The summed E-state index contributed by atoms with van der Waals surface area (Å²) in [5, 5.41) is 10.6. The number of anilines is 1. The maximum atomic E-state index is 12.0. The van der Waals surface area contributed by atoms with Crippen LogP contribution in [-0.4, -0.2) is 41.2 Å². The lowest BCUT2D eigenvalue weighted by atomic mass is 9.97. The number of carboxylic acids is 1. The van der Waals surface area contributed by atoms with Crippen molar-refractivity contribution < 1.29 is 32.3 Å². The van der Waals surface area contributed by atoms with E-state index < -0.39 is 12.1 Å². The lowest BCUT2D eigenvalue weighted by Crippen LogP contribution is -2.38. The Balaban J connectivity index is 0.000000360. The highest BCUT2D eigenvalue weighted by molar-refractivity contribution is 7.14. The van der Waals surface area contributed by atoms with Crippen LogP contribution in [0, 0.1) is 5.92 Å². The molecule has 32 heavy (non-hydrogen) atoms. The summed E-state index contributed by atoms with van der Waals surface area (Å²) in [6.45, 7) is 1.56. The monoisotopic (exact) mass is 469 g/mol. The van der Waals surface area contributed by atoms with Gasteiger partial charge in [-0.15, -0.1) is 11.3 Å². The van der Waals surface area contributed by atoms with Crippen molar-refractivity contribution in [3.05, 3.63) is 46.1 Å².